The van der Waals surface area contributed by atoms with Crippen molar-refractivity contribution in [3.05, 3.63) is 24.2 Å². The molecule has 1 amide bonds. The van der Waals surface area contributed by atoms with Gasteiger partial charge in [0.1, 0.15) is 12.0 Å². The number of furan rings is 1. The smallest absolute Gasteiger partial charge is 0.270 e. The van der Waals surface area contributed by atoms with Crippen molar-refractivity contribution in [2.75, 3.05) is 50.8 Å². The summed E-state index contributed by atoms with van der Waals surface area (Å²) in [5, 5.41) is 4.16. The highest BCUT2D eigenvalue weighted by atomic mass is 16.5. The van der Waals surface area contributed by atoms with E-state index >= 15 is 0 Å². The zero-order valence-electron chi connectivity index (χ0n) is 14.8. The Balaban J connectivity index is 1.37. The number of anilines is 1. The van der Waals surface area contributed by atoms with Gasteiger partial charge in [0.25, 0.3) is 5.91 Å². The number of fused-ring (bicyclic) bond motifs is 4. The molecule has 0 aromatic carbocycles. The third-order valence-corrected chi connectivity index (χ3v) is 6.00. The molecule has 6 rings (SSSR count). The lowest BCUT2D eigenvalue weighted by molar-refractivity contribution is 0.0618. The summed E-state index contributed by atoms with van der Waals surface area (Å²) < 4.78 is 11.1. The Kier molecular flexibility index (Phi) is 4.05. The van der Waals surface area contributed by atoms with Crippen LogP contribution in [0, 0.1) is 5.92 Å². The summed E-state index contributed by atoms with van der Waals surface area (Å²) in [7, 11) is 0. The molecule has 2 aromatic heterocycles. The molecule has 1 N–H and O–H groups in total. The number of morpholine rings is 1. The molecule has 4 aliphatic rings. The van der Waals surface area contributed by atoms with E-state index in [1.54, 1.807) is 12.5 Å². The van der Waals surface area contributed by atoms with Crippen molar-refractivity contribution in [3.63, 3.8) is 0 Å². The lowest BCUT2D eigenvalue weighted by atomic mass is 9.84. The molecule has 6 heterocycles. The van der Waals surface area contributed by atoms with E-state index in [4.69, 9.17) is 9.15 Å². The Morgan fingerprint density at radius 1 is 1.19 bits per heavy atom. The average molecular weight is 356 g/mol. The van der Waals surface area contributed by atoms with E-state index in [9.17, 15) is 4.79 Å². The fraction of sp³-hybridized carbons (Fsp3) is 0.579. The number of carbonyl (C=O) groups is 1. The van der Waals surface area contributed by atoms with E-state index < -0.39 is 0 Å². The molecule has 0 radical (unpaired) electrons. The number of ether oxygens (including phenoxy) is 1. The highest BCUT2D eigenvalue weighted by molar-refractivity contribution is 5.99. The largest absolute Gasteiger partial charge is 0.460 e. The maximum atomic E-state index is 12.8. The summed E-state index contributed by atoms with van der Waals surface area (Å²) in [5.74, 6) is 0.519. The monoisotopic (exact) mass is 356 g/mol. The molecule has 4 saturated heterocycles. The summed E-state index contributed by atoms with van der Waals surface area (Å²) in [6.45, 7) is 6.38. The number of piperidine rings is 3. The summed E-state index contributed by atoms with van der Waals surface area (Å²) in [6.07, 6.45) is 5.78. The van der Waals surface area contributed by atoms with Crippen LogP contribution in [0.15, 0.2) is 22.9 Å². The van der Waals surface area contributed by atoms with Gasteiger partial charge in [-0.05, 0) is 37.9 Å². The number of hydrogen-bond donors (Lipinski definition) is 1. The van der Waals surface area contributed by atoms with Crippen molar-refractivity contribution in [2.45, 2.75) is 18.9 Å². The molecule has 138 valence electrons. The number of pyridine rings is 1. The zero-order chi connectivity index (χ0) is 17.5. The fourth-order valence-electron chi connectivity index (χ4n) is 4.46. The molecule has 2 aromatic rings. The van der Waals surface area contributed by atoms with E-state index in [0.717, 1.165) is 30.7 Å². The van der Waals surface area contributed by atoms with Crippen molar-refractivity contribution < 1.29 is 13.9 Å². The van der Waals surface area contributed by atoms with Gasteiger partial charge in [-0.25, -0.2) is 4.98 Å². The number of amides is 1. The standard InChI is InChI=1S/C19H24N4O3/c24-19(21-16-11-22-3-1-13(16)2-4-22)15-9-14-17(12-26-18(14)10-20-15)23-5-7-25-8-6-23/h9-10,12-13,16H,1-8,11H2,(H,21,24)/t16-/m0/s1. The normalized spacial score (nSPS) is 28.5. The molecule has 0 spiro atoms. The van der Waals surface area contributed by atoms with Gasteiger partial charge in [-0.1, -0.05) is 0 Å². The third-order valence-electron chi connectivity index (χ3n) is 6.00. The van der Waals surface area contributed by atoms with Gasteiger partial charge in [-0.15, -0.1) is 0 Å². The first-order chi connectivity index (χ1) is 12.8. The molecule has 26 heavy (non-hydrogen) atoms. The Hall–Kier alpha value is -2.12. The second-order valence-corrected chi connectivity index (χ2v) is 7.50. The average Bonchev–Trinajstić information content (AvgIpc) is 3.13. The second kappa shape index (κ2) is 6.55. The molecule has 0 aliphatic carbocycles. The van der Waals surface area contributed by atoms with E-state index in [2.05, 4.69) is 20.1 Å². The zero-order valence-corrected chi connectivity index (χ0v) is 14.8. The van der Waals surface area contributed by atoms with Crippen LogP contribution >= 0.6 is 0 Å². The van der Waals surface area contributed by atoms with Gasteiger partial charge < -0.3 is 24.3 Å². The summed E-state index contributed by atoms with van der Waals surface area (Å²) >= 11 is 0. The van der Waals surface area contributed by atoms with E-state index in [-0.39, 0.29) is 11.9 Å². The predicted octanol–water partition coefficient (Wildman–Crippen LogP) is 1.49. The summed E-state index contributed by atoms with van der Waals surface area (Å²) in [4.78, 5) is 21.8. The minimum atomic E-state index is -0.0835. The minimum absolute atomic E-state index is 0.0835. The van der Waals surface area contributed by atoms with Crippen LogP contribution in [-0.4, -0.2) is 67.8 Å². The molecule has 0 unspecified atom stereocenters. The van der Waals surface area contributed by atoms with Crippen molar-refractivity contribution >= 4 is 22.6 Å². The first-order valence-corrected chi connectivity index (χ1v) is 9.51. The molecule has 7 heteroatoms. The molecule has 7 nitrogen and oxygen atoms in total. The quantitative estimate of drug-likeness (QED) is 0.898. The Morgan fingerprint density at radius 2 is 2.00 bits per heavy atom. The molecule has 0 saturated carbocycles. The summed E-state index contributed by atoms with van der Waals surface area (Å²) in [5.41, 5.74) is 2.19. The van der Waals surface area contributed by atoms with Crippen molar-refractivity contribution in [2.24, 2.45) is 5.92 Å². The molecular weight excluding hydrogens is 332 g/mol. The molecule has 4 fully saturated rings. The molecular formula is C19H24N4O3. The van der Waals surface area contributed by atoms with Crippen LogP contribution in [0.25, 0.3) is 11.0 Å². The van der Waals surface area contributed by atoms with E-state index in [1.807, 2.05) is 6.07 Å². The van der Waals surface area contributed by atoms with E-state index in [0.29, 0.717) is 30.4 Å². The highest BCUT2D eigenvalue weighted by Crippen LogP contribution is 2.30. The lowest BCUT2D eigenvalue weighted by Crippen LogP contribution is -2.57. The molecule has 4 aliphatic heterocycles. The number of nitrogens with one attached hydrogen (secondary N) is 1. The van der Waals surface area contributed by atoms with Gasteiger partial charge in [0.2, 0.25) is 0 Å². The second-order valence-electron chi connectivity index (χ2n) is 7.50. The number of hydrogen-bond acceptors (Lipinski definition) is 6. The van der Waals surface area contributed by atoms with Crippen LogP contribution < -0.4 is 10.2 Å². The Morgan fingerprint density at radius 3 is 2.73 bits per heavy atom. The Labute approximate surface area is 152 Å². The van der Waals surface area contributed by atoms with E-state index in [1.165, 1.54) is 25.9 Å². The third kappa shape index (κ3) is 2.85. The number of aromatic nitrogens is 1. The first kappa shape index (κ1) is 16.1. The van der Waals surface area contributed by atoms with Gasteiger partial charge in [0, 0.05) is 31.1 Å². The number of rotatable bonds is 3. The van der Waals surface area contributed by atoms with Gasteiger partial charge in [-0.3, -0.25) is 4.79 Å². The topological polar surface area (TPSA) is 70.8 Å². The van der Waals surface area contributed by atoms with Crippen LogP contribution in [0.4, 0.5) is 5.69 Å². The van der Waals surface area contributed by atoms with Gasteiger partial charge in [-0.2, -0.15) is 0 Å². The van der Waals surface area contributed by atoms with Crippen LogP contribution in [0.2, 0.25) is 0 Å². The molecule has 2 bridgehead atoms. The SMILES string of the molecule is O=C(N[C@H]1CN2CCC1CC2)c1cc2c(N3CCOCC3)coc2cn1. The fourth-order valence-corrected chi connectivity index (χ4v) is 4.46. The van der Waals surface area contributed by atoms with Gasteiger partial charge in [0.15, 0.2) is 5.58 Å². The van der Waals surface area contributed by atoms with Gasteiger partial charge in [0.05, 0.1) is 25.1 Å². The highest BCUT2D eigenvalue weighted by Gasteiger charge is 2.35. The predicted molar refractivity (Wildman–Crippen MR) is 97.5 cm³/mol. The first-order valence-electron chi connectivity index (χ1n) is 9.51. The Bertz CT molecular complexity index is 806. The van der Waals surface area contributed by atoms with Gasteiger partial charge >= 0.3 is 0 Å². The number of carbonyl (C=O) groups excluding carboxylic acids is 1. The van der Waals surface area contributed by atoms with Crippen molar-refractivity contribution in [1.29, 1.82) is 0 Å². The van der Waals surface area contributed by atoms with Crippen LogP contribution in [0.5, 0.6) is 0 Å². The molecule has 1 atom stereocenters. The maximum Gasteiger partial charge on any atom is 0.270 e. The summed E-state index contributed by atoms with van der Waals surface area (Å²) in [6, 6.07) is 2.10. The number of nitrogens with zero attached hydrogens (tertiary/aromatic N) is 3. The van der Waals surface area contributed by atoms with Crippen molar-refractivity contribution in [3.8, 4) is 0 Å². The minimum Gasteiger partial charge on any atom is -0.460 e. The van der Waals surface area contributed by atoms with Crippen molar-refractivity contribution in [1.82, 2.24) is 15.2 Å². The van der Waals surface area contributed by atoms with Crippen LogP contribution in [0.1, 0.15) is 23.3 Å². The maximum absolute atomic E-state index is 12.8. The van der Waals surface area contributed by atoms with Crippen LogP contribution in [-0.2, 0) is 4.74 Å². The van der Waals surface area contributed by atoms with Crippen LogP contribution in [0.3, 0.4) is 0 Å². The lowest BCUT2D eigenvalue weighted by Gasteiger charge is -2.44.